The second kappa shape index (κ2) is 7.96. The van der Waals surface area contributed by atoms with Crippen molar-refractivity contribution in [2.75, 3.05) is 33.4 Å². The first-order valence-corrected chi connectivity index (χ1v) is 7.62. The number of ether oxygens (including phenoxy) is 2. The molecule has 0 bridgehead atoms. The molecule has 1 aliphatic rings. The van der Waals surface area contributed by atoms with Gasteiger partial charge in [-0.25, -0.2) is 0 Å². The minimum atomic E-state index is -0.875. The molecule has 0 saturated carbocycles. The van der Waals surface area contributed by atoms with Gasteiger partial charge >= 0.3 is 5.97 Å². The van der Waals surface area contributed by atoms with Gasteiger partial charge in [0.25, 0.3) is 0 Å². The number of carbonyl (C=O) groups is 1. The van der Waals surface area contributed by atoms with Gasteiger partial charge in [0.2, 0.25) is 0 Å². The average Bonchev–Trinajstić information content (AvgIpc) is 2.40. The molecule has 0 radical (unpaired) electrons. The standard InChI is InChI=1S/C15H30N2O3/c1-5-20-14(18)15(3,16)8-6-9-17-10-7-12(2)13(11-17)19-4/h12-13H,5-11,16H2,1-4H3. The van der Waals surface area contributed by atoms with Crippen molar-refractivity contribution in [2.45, 2.75) is 51.7 Å². The summed E-state index contributed by atoms with van der Waals surface area (Å²) >= 11 is 0. The van der Waals surface area contributed by atoms with Gasteiger partial charge in [-0.15, -0.1) is 0 Å². The van der Waals surface area contributed by atoms with Crippen LogP contribution in [0.1, 0.15) is 40.0 Å². The molecule has 0 aromatic carbocycles. The molecular weight excluding hydrogens is 256 g/mol. The molecule has 0 aromatic heterocycles. The number of rotatable bonds is 7. The first kappa shape index (κ1) is 17.4. The Labute approximate surface area is 122 Å². The molecular formula is C15H30N2O3. The summed E-state index contributed by atoms with van der Waals surface area (Å²) in [5.74, 6) is 0.317. The number of hydrogen-bond donors (Lipinski definition) is 1. The fourth-order valence-corrected chi connectivity index (χ4v) is 2.68. The van der Waals surface area contributed by atoms with E-state index in [9.17, 15) is 4.79 Å². The van der Waals surface area contributed by atoms with Crippen LogP contribution in [0.3, 0.4) is 0 Å². The number of likely N-dealkylation sites (tertiary alicyclic amines) is 1. The van der Waals surface area contributed by atoms with Gasteiger partial charge < -0.3 is 20.1 Å². The van der Waals surface area contributed by atoms with E-state index in [0.717, 1.165) is 32.5 Å². The van der Waals surface area contributed by atoms with E-state index in [0.29, 0.717) is 25.0 Å². The Morgan fingerprint density at radius 3 is 2.80 bits per heavy atom. The lowest BCUT2D eigenvalue weighted by Crippen LogP contribution is -2.47. The van der Waals surface area contributed by atoms with Crippen molar-refractivity contribution in [3.63, 3.8) is 0 Å². The number of nitrogens with two attached hydrogens (primary N) is 1. The molecule has 1 heterocycles. The Morgan fingerprint density at radius 2 is 2.20 bits per heavy atom. The first-order valence-electron chi connectivity index (χ1n) is 7.62. The summed E-state index contributed by atoms with van der Waals surface area (Å²) in [5, 5.41) is 0. The maximum Gasteiger partial charge on any atom is 0.325 e. The fraction of sp³-hybridized carbons (Fsp3) is 0.933. The van der Waals surface area contributed by atoms with Crippen LogP contribution >= 0.6 is 0 Å². The predicted octanol–water partition coefficient (Wildman–Crippen LogP) is 1.40. The summed E-state index contributed by atoms with van der Waals surface area (Å²) in [6.45, 7) is 9.20. The number of nitrogens with zero attached hydrogens (tertiary/aromatic N) is 1. The van der Waals surface area contributed by atoms with Gasteiger partial charge in [0, 0.05) is 13.7 Å². The normalized spacial score (nSPS) is 27.1. The van der Waals surface area contributed by atoms with E-state index in [1.165, 1.54) is 0 Å². The third-order valence-electron chi connectivity index (χ3n) is 4.19. The summed E-state index contributed by atoms with van der Waals surface area (Å²) in [7, 11) is 1.78. The summed E-state index contributed by atoms with van der Waals surface area (Å²) in [6.07, 6.45) is 3.03. The second-order valence-corrected chi connectivity index (χ2v) is 6.08. The third kappa shape index (κ3) is 5.04. The summed E-state index contributed by atoms with van der Waals surface area (Å²) in [4.78, 5) is 14.1. The van der Waals surface area contributed by atoms with Crippen LogP contribution in [-0.4, -0.2) is 55.9 Å². The van der Waals surface area contributed by atoms with Crippen molar-refractivity contribution in [3.8, 4) is 0 Å². The maximum absolute atomic E-state index is 11.7. The lowest BCUT2D eigenvalue weighted by atomic mass is 9.94. The van der Waals surface area contributed by atoms with E-state index < -0.39 is 5.54 Å². The summed E-state index contributed by atoms with van der Waals surface area (Å²) in [5.41, 5.74) is 5.14. The molecule has 1 aliphatic heterocycles. The predicted molar refractivity (Wildman–Crippen MR) is 79.5 cm³/mol. The molecule has 3 atom stereocenters. The van der Waals surface area contributed by atoms with Crippen LogP contribution in [0.25, 0.3) is 0 Å². The van der Waals surface area contributed by atoms with E-state index in [2.05, 4.69) is 11.8 Å². The zero-order valence-corrected chi connectivity index (χ0v) is 13.4. The number of carbonyl (C=O) groups excluding carboxylic acids is 1. The molecule has 1 rings (SSSR count). The molecule has 1 saturated heterocycles. The zero-order chi connectivity index (χ0) is 15.2. The Bertz CT molecular complexity index is 307. The molecule has 0 spiro atoms. The average molecular weight is 286 g/mol. The highest BCUT2D eigenvalue weighted by Crippen LogP contribution is 2.20. The highest BCUT2D eigenvalue weighted by molar-refractivity contribution is 5.79. The van der Waals surface area contributed by atoms with Crippen molar-refractivity contribution >= 4 is 5.97 Å². The third-order valence-corrected chi connectivity index (χ3v) is 4.19. The second-order valence-electron chi connectivity index (χ2n) is 6.08. The highest BCUT2D eigenvalue weighted by Gasteiger charge is 2.30. The highest BCUT2D eigenvalue weighted by atomic mass is 16.5. The van der Waals surface area contributed by atoms with Crippen LogP contribution in [-0.2, 0) is 14.3 Å². The van der Waals surface area contributed by atoms with E-state index in [4.69, 9.17) is 15.2 Å². The lowest BCUT2D eigenvalue weighted by molar-refractivity contribution is -0.149. The maximum atomic E-state index is 11.7. The molecule has 2 N–H and O–H groups in total. The smallest absolute Gasteiger partial charge is 0.325 e. The molecule has 5 heteroatoms. The van der Waals surface area contributed by atoms with Crippen molar-refractivity contribution in [1.82, 2.24) is 4.90 Å². The molecule has 0 aliphatic carbocycles. The Hall–Kier alpha value is -0.650. The van der Waals surface area contributed by atoms with Crippen molar-refractivity contribution < 1.29 is 14.3 Å². The van der Waals surface area contributed by atoms with Gasteiger partial charge in [0.1, 0.15) is 5.54 Å². The molecule has 3 unspecified atom stereocenters. The monoisotopic (exact) mass is 286 g/mol. The molecule has 1 fully saturated rings. The summed E-state index contributed by atoms with van der Waals surface area (Å²) in [6, 6.07) is 0. The molecule has 5 nitrogen and oxygen atoms in total. The zero-order valence-electron chi connectivity index (χ0n) is 13.4. The summed E-state index contributed by atoms with van der Waals surface area (Å²) < 4.78 is 10.5. The van der Waals surface area contributed by atoms with E-state index >= 15 is 0 Å². The fourth-order valence-electron chi connectivity index (χ4n) is 2.68. The van der Waals surface area contributed by atoms with Crippen LogP contribution in [0.5, 0.6) is 0 Å². The van der Waals surface area contributed by atoms with Gasteiger partial charge in [-0.2, -0.15) is 0 Å². The van der Waals surface area contributed by atoms with Crippen LogP contribution in [0, 0.1) is 5.92 Å². The van der Waals surface area contributed by atoms with Gasteiger partial charge in [0.15, 0.2) is 0 Å². The van der Waals surface area contributed by atoms with Crippen LogP contribution < -0.4 is 5.73 Å². The van der Waals surface area contributed by atoms with Crippen LogP contribution in [0.2, 0.25) is 0 Å². The van der Waals surface area contributed by atoms with Crippen molar-refractivity contribution in [3.05, 3.63) is 0 Å². The largest absolute Gasteiger partial charge is 0.465 e. The van der Waals surface area contributed by atoms with E-state index in [1.807, 2.05) is 0 Å². The van der Waals surface area contributed by atoms with E-state index in [1.54, 1.807) is 21.0 Å². The van der Waals surface area contributed by atoms with Crippen LogP contribution in [0.15, 0.2) is 0 Å². The van der Waals surface area contributed by atoms with Gasteiger partial charge in [-0.1, -0.05) is 6.92 Å². The number of piperidine rings is 1. The minimum Gasteiger partial charge on any atom is -0.465 e. The van der Waals surface area contributed by atoms with Gasteiger partial charge in [-0.3, -0.25) is 4.79 Å². The van der Waals surface area contributed by atoms with Gasteiger partial charge in [0.05, 0.1) is 12.7 Å². The van der Waals surface area contributed by atoms with Gasteiger partial charge in [-0.05, 0) is 52.1 Å². The van der Waals surface area contributed by atoms with E-state index in [-0.39, 0.29) is 5.97 Å². The van der Waals surface area contributed by atoms with Crippen molar-refractivity contribution in [1.29, 1.82) is 0 Å². The molecule has 20 heavy (non-hydrogen) atoms. The lowest BCUT2D eigenvalue weighted by Gasteiger charge is -2.36. The Balaban J connectivity index is 2.31. The quantitative estimate of drug-likeness (QED) is 0.717. The van der Waals surface area contributed by atoms with Crippen LogP contribution in [0.4, 0.5) is 0 Å². The SMILES string of the molecule is CCOC(=O)C(C)(N)CCCN1CCC(C)C(OC)C1. The topological polar surface area (TPSA) is 64.8 Å². The minimum absolute atomic E-state index is 0.304. The number of esters is 1. The Morgan fingerprint density at radius 1 is 1.50 bits per heavy atom. The molecule has 0 amide bonds. The Kier molecular flexibility index (Phi) is 6.92. The molecule has 118 valence electrons. The van der Waals surface area contributed by atoms with Crippen molar-refractivity contribution in [2.24, 2.45) is 11.7 Å². The first-order chi connectivity index (χ1) is 9.40. The molecule has 0 aromatic rings. The number of hydrogen-bond acceptors (Lipinski definition) is 5. The number of methoxy groups -OCH3 is 1.